The molecule has 0 amide bonds. The predicted molar refractivity (Wildman–Crippen MR) is 62.0 cm³/mol. The van der Waals surface area contributed by atoms with Gasteiger partial charge >= 0.3 is 5.97 Å². The smallest absolute Gasteiger partial charge is 0.341 e. The van der Waals surface area contributed by atoms with Crippen LogP contribution in [0.2, 0.25) is 0 Å². The van der Waals surface area contributed by atoms with Gasteiger partial charge in [-0.1, -0.05) is 5.16 Å². The van der Waals surface area contributed by atoms with Gasteiger partial charge in [0.25, 0.3) is 0 Å². The summed E-state index contributed by atoms with van der Waals surface area (Å²) in [6, 6.07) is 5.73. The number of carboxylic acid groups (broad SMARTS) is 1. The lowest BCUT2D eigenvalue weighted by Gasteiger charge is -2.00. The number of aromatic nitrogens is 1. The Morgan fingerprint density at radius 2 is 1.89 bits per heavy atom. The summed E-state index contributed by atoms with van der Waals surface area (Å²) in [5, 5.41) is 12.3. The fraction of sp³-hybridized carbons (Fsp3) is 0.0909. The zero-order chi connectivity index (χ0) is 13.3. The van der Waals surface area contributed by atoms with E-state index in [1.807, 2.05) is 0 Å². The fourth-order valence-corrected chi connectivity index (χ4v) is 2.08. The molecule has 2 rings (SSSR count). The Hall–Kier alpha value is -2.15. The van der Waals surface area contributed by atoms with Crippen molar-refractivity contribution >= 4 is 15.8 Å². The lowest BCUT2D eigenvalue weighted by molar-refractivity contribution is 0.0697. The van der Waals surface area contributed by atoms with Crippen molar-refractivity contribution in [3.63, 3.8) is 0 Å². The minimum atomic E-state index is -3.28. The summed E-state index contributed by atoms with van der Waals surface area (Å²) in [6.07, 6.45) is 2.20. The monoisotopic (exact) mass is 267 g/mol. The predicted octanol–water partition coefficient (Wildman–Crippen LogP) is 1.44. The molecular formula is C11H9NO5S. The maximum Gasteiger partial charge on any atom is 0.341 e. The van der Waals surface area contributed by atoms with Gasteiger partial charge < -0.3 is 9.63 Å². The van der Waals surface area contributed by atoms with E-state index in [2.05, 4.69) is 5.16 Å². The van der Waals surface area contributed by atoms with Crippen molar-refractivity contribution in [1.82, 2.24) is 5.16 Å². The van der Waals surface area contributed by atoms with E-state index >= 15 is 0 Å². The number of carboxylic acids is 1. The Bertz CT molecular complexity index is 684. The quantitative estimate of drug-likeness (QED) is 0.903. The zero-order valence-electron chi connectivity index (χ0n) is 9.32. The van der Waals surface area contributed by atoms with Gasteiger partial charge in [0.1, 0.15) is 5.56 Å². The van der Waals surface area contributed by atoms with E-state index in [0.717, 1.165) is 12.5 Å². The van der Waals surface area contributed by atoms with Gasteiger partial charge in [-0.2, -0.15) is 0 Å². The Balaban J connectivity index is 2.47. The van der Waals surface area contributed by atoms with E-state index in [1.54, 1.807) is 0 Å². The normalized spacial score (nSPS) is 11.4. The number of rotatable bonds is 3. The molecule has 0 unspecified atom stereocenters. The molecule has 0 atom stereocenters. The van der Waals surface area contributed by atoms with Crippen LogP contribution in [0.5, 0.6) is 0 Å². The van der Waals surface area contributed by atoms with E-state index in [0.29, 0.717) is 5.56 Å². The number of hydrogen-bond donors (Lipinski definition) is 1. The van der Waals surface area contributed by atoms with Crippen LogP contribution in [0.25, 0.3) is 11.3 Å². The standard InChI is InChI=1S/C11H9NO5S/c1-18(15,16)8-4-2-7(3-5-8)10-9(11(13)14)6-12-17-10/h2-6H,1H3,(H,13,14). The van der Waals surface area contributed by atoms with E-state index in [1.165, 1.54) is 24.3 Å². The van der Waals surface area contributed by atoms with Gasteiger partial charge in [0.2, 0.25) is 0 Å². The Morgan fingerprint density at radius 1 is 1.28 bits per heavy atom. The first-order valence-corrected chi connectivity index (χ1v) is 6.77. The topological polar surface area (TPSA) is 97.5 Å². The van der Waals surface area contributed by atoms with Gasteiger partial charge in [0.05, 0.1) is 11.1 Å². The molecule has 0 radical (unpaired) electrons. The zero-order valence-corrected chi connectivity index (χ0v) is 10.1. The molecule has 6 nitrogen and oxygen atoms in total. The van der Waals surface area contributed by atoms with Crippen LogP contribution in [0.1, 0.15) is 10.4 Å². The molecule has 0 saturated heterocycles. The largest absolute Gasteiger partial charge is 0.477 e. The van der Waals surface area contributed by atoms with Crippen LogP contribution in [0.15, 0.2) is 39.9 Å². The Morgan fingerprint density at radius 3 is 2.39 bits per heavy atom. The maximum absolute atomic E-state index is 11.3. The van der Waals surface area contributed by atoms with E-state index in [-0.39, 0.29) is 16.2 Å². The molecule has 2 aromatic rings. The molecule has 1 aromatic carbocycles. The summed E-state index contributed by atoms with van der Waals surface area (Å²) in [5.41, 5.74) is 0.388. The molecule has 0 saturated carbocycles. The minimum absolute atomic E-state index is 0.0675. The van der Waals surface area contributed by atoms with Crippen molar-refractivity contribution in [2.75, 3.05) is 6.26 Å². The first-order chi connectivity index (χ1) is 8.39. The van der Waals surface area contributed by atoms with Crippen LogP contribution >= 0.6 is 0 Å². The third kappa shape index (κ3) is 2.25. The van der Waals surface area contributed by atoms with E-state index in [4.69, 9.17) is 9.63 Å². The summed E-state index contributed by atoms with van der Waals surface area (Å²) >= 11 is 0. The Kier molecular flexibility index (Phi) is 2.92. The first-order valence-electron chi connectivity index (χ1n) is 4.88. The van der Waals surface area contributed by atoms with Crippen molar-refractivity contribution in [3.8, 4) is 11.3 Å². The van der Waals surface area contributed by atoms with Crippen LogP contribution in [-0.2, 0) is 9.84 Å². The average Bonchev–Trinajstić information content (AvgIpc) is 2.77. The SMILES string of the molecule is CS(=O)(=O)c1ccc(-c2oncc2C(=O)O)cc1. The third-order valence-electron chi connectivity index (χ3n) is 2.35. The number of sulfone groups is 1. The van der Waals surface area contributed by atoms with Crippen molar-refractivity contribution in [2.24, 2.45) is 0 Å². The summed E-state index contributed by atoms with van der Waals surface area (Å²) in [7, 11) is -3.28. The second-order valence-corrected chi connectivity index (χ2v) is 5.69. The van der Waals surface area contributed by atoms with Crippen LogP contribution in [0.4, 0.5) is 0 Å². The Labute approximate surface area is 103 Å². The number of aromatic carboxylic acids is 1. The van der Waals surface area contributed by atoms with Gasteiger partial charge in [0.15, 0.2) is 15.6 Å². The molecule has 1 aromatic heterocycles. The third-order valence-corrected chi connectivity index (χ3v) is 3.47. The summed E-state index contributed by atoms with van der Waals surface area (Å²) in [5.74, 6) is -1.05. The van der Waals surface area contributed by atoms with Gasteiger partial charge in [-0.05, 0) is 24.3 Å². The highest BCUT2D eigenvalue weighted by atomic mass is 32.2. The number of carbonyl (C=O) groups is 1. The molecule has 0 bridgehead atoms. The number of nitrogens with zero attached hydrogens (tertiary/aromatic N) is 1. The van der Waals surface area contributed by atoms with Crippen LogP contribution in [-0.4, -0.2) is 30.9 Å². The first kappa shape index (κ1) is 12.3. The number of benzene rings is 1. The van der Waals surface area contributed by atoms with Gasteiger partial charge in [-0.3, -0.25) is 0 Å². The van der Waals surface area contributed by atoms with Crippen molar-refractivity contribution in [2.45, 2.75) is 4.90 Å². The molecule has 0 aliphatic rings. The fourth-order valence-electron chi connectivity index (χ4n) is 1.45. The summed E-state index contributed by atoms with van der Waals surface area (Å²) < 4.78 is 27.4. The second-order valence-electron chi connectivity index (χ2n) is 3.67. The molecule has 1 N–H and O–H groups in total. The average molecular weight is 267 g/mol. The second kappa shape index (κ2) is 4.26. The van der Waals surface area contributed by atoms with Gasteiger partial charge in [-0.25, -0.2) is 13.2 Å². The highest BCUT2D eigenvalue weighted by Gasteiger charge is 2.17. The van der Waals surface area contributed by atoms with Crippen LogP contribution in [0.3, 0.4) is 0 Å². The molecule has 7 heteroatoms. The van der Waals surface area contributed by atoms with Crippen LogP contribution in [0, 0.1) is 0 Å². The lowest BCUT2D eigenvalue weighted by Crippen LogP contribution is -1.98. The maximum atomic E-state index is 11.3. The van der Waals surface area contributed by atoms with Crippen molar-refractivity contribution in [1.29, 1.82) is 0 Å². The molecule has 1 heterocycles. The molecule has 94 valence electrons. The van der Waals surface area contributed by atoms with E-state index in [9.17, 15) is 13.2 Å². The van der Waals surface area contributed by atoms with Gasteiger partial charge in [-0.15, -0.1) is 0 Å². The molecule has 0 spiro atoms. The molecule has 0 aliphatic carbocycles. The molecule has 0 fully saturated rings. The highest BCUT2D eigenvalue weighted by molar-refractivity contribution is 7.90. The molecular weight excluding hydrogens is 258 g/mol. The van der Waals surface area contributed by atoms with Crippen molar-refractivity contribution in [3.05, 3.63) is 36.0 Å². The lowest BCUT2D eigenvalue weighted by atomic mass is 10.1. The van der Waals surface area contributed by atoms with Crippen LogP contribution < -0.4 is 0 Å². The molecule has 0 aliphatic heterocycles. The van der Waals surface area contributed by atoms with E-state index < -0.39 is 15.8 Å². The van der Waals surface area contributed by atoms with Crippen molar-refractivity contribution < 1.29 is 22.8 Å². The summed E-state index contributed by atoms with van der Waals surface area (Å²) in [6.45, 7) is 0. The van der Waals surface area contributed by atoms with Gasteiger partial charge in [0, 0.05) is 11.8 Å². The highest BCUT2D eigenvalue weighted by Crippen LogP contribution is 2.24. The summed E-state index contributed by atoms with van der Waals surface area (Å²) in [4.78, 5) is 11.0. The minimum Gasteiger partial charge on any atom is -0.477 e. The molecule has 18 heavy (non-hydrogen) atoms. The number of hydrogen-bond acceptors (Lipinski definition) is 5.